The smallest absolute Gasteiger partial charge is 0.227 e. The molecule has 1 aromatic heterocycles. The van der Waals surface area contributed by atoms with Crippen LogP contribution < -0.4 is 9.80 Å². The molecule has 0 saturated carbocycles. The zero-order chi connectivity index (χ0) is 19.0. The highest BCUT2D eigenvalue weighted by Crippen LogP contribution is 2.19. The second-order valence-corrected chi connectivity index (χ2v) is 7.72. The molecule has 0 radical (unpaired) electrons. The average Bonchev–Trinajstić information content (AvgIpc) is 3.05. The summed E-state index contributed by atoms with van der Waals surface area (Å²) in [5.74, 6) is 1.99. The molecule has 2 aliphatic heterocycles. The summed E-state index contributed by atoms with van der Waals surface area (Å²) in [7, 11) is 0. The van der Waals surface area contributed by atoms with Crippen molar-refractivity contribution in [3.05, 3.63) is 54.2 Å². The maximum Gasteiger partial charge on any atom is 0.227 e. The van der Waals surface area contributed by atoms with Crippen LogP contribution in [-0.2, 0) is 0 Å². The van der Waals surface area contributed by atoms with Gasteiger partial charge in [0.05, 0.1) is 0 Å². The van der Waals surface area contributed by atoms with Crippen molar-refractivity contribution in [2.45, 2.75) is 25.7 Å². The van der Waals surface area contributed by atoms with Crippen molar-refractivity contribution < 1.29 is 0 Å². The van der Waals surface area contributed by atoms with Gasteiger partial charge in [-0.05, 0) is 24.5 Å². The van der Waals surface area contributed by atoms with Crippen molar-refractivity contribution in [3.8, 4) is 0 Å². The van der Waals surface area contributed by atoms with Gasteiger partial charge in [0, 0.05) is 52.0 Å². The fraction of sp³-hybridized carbons (Fsp3) is 0.478. The third-order valence-electron chi connectivity index (χ3n) is 5.69. The summed E-state index contributed by atoms with van der Waals surface area (Å²) < 4.78 is 0. The number of rotatable bonds is 5. The summed E-state index contributed by atoms with van der Waals surface area (Å²) >= 11 is 0. The Balaban J connectivity index is 1.30. The molecule has 0 atom stereocenters. The quantitative estimate of drug-likeness (QED) is 0.794. The van der Waals surface area contributed by atoms with Crippen molar-refractivity contribution >= 4 is 17.8 Å². The summed E-state index contributed by atoms with van der Waals surface area (Å²) in [6.45, 7) is 7.37. The lowest BCUT2D eigenvalue weighted by molar-refractivity contribution is 0.283. The Hall–Kier alpha value is -2.40. The number of hydrogen-bond acceptors (Lipinski definition) is 5. The topological polar surface area (TPSA) is 35.5 Å². The molecule has 0 spiro atoms. The van der Waals surface area contributed by atoms with Gasteiger partial charge in [0.15, 0.2) is 0 Å². The molecule has 0 N–H and O–H groups in total. The van der Waals surface area contributed by atoms with E-state index in [1.807, 2.05) is 6.20 Å². The zero-order valence-corrected chi connectivity index (χ0v) is 16.7. The molecule has 2 saturated heterocycles. The number of nitrogens with zero attached hydrogens (tertiary/aromatic N) is 5. The third-order valence-corrected chi connectivity index (χ3v) is 5.69. The van der Waals surface area contributed by atoms with Gasteiger partial charge >= 0.3 is 0 Å². The maximum atomic E-state index is 4.90. The van der Waals surface area contributed by atoms with Crippen LogP contribution in [0.5, 0.6) is 0 Å². The fourth-order valence-corrected chi connectivity index (χ4v) is 4.00. The van der Waals surface area contributed by atoms with E-state index < -0.39 is 0 Å². The SMILES string of the molecule is C(=C\c1ccccc1)/CN1CCN(c2ccnc(N3CCCCCC3)n2)CC1. The minimum Gasteiger partial charge on any atom is -0.354 e. The highest BCUT2D eigenvalue weighted by Gasteiger charge is 2.19. The second kappa shape index (κ2) is 9.69. The average molecular weight is 378 g/mol. The van der Waals surface area contributed by atoms with E-state index in [-0.39, 0.29) is 0 Å². The van der Waals surface area contributed by atoms with E-state index in [1.165, 1.54) is 31.2 Å². The summed E-state index contributed by atoms with van der Waals surface area (Å²) in [5, 5.41) is 0. The predicted octanol–water partition coefficient (Wildman–Crippen LogP) is 3.69. The van der Waals surface area contributed by atoms with E-state index in [2.05, 4.69) is 68.2 Å². The van der Waals surface area contributed by atoms with Crippen LogP contribution in [-0.4, -0.2) is 60.7 Å². The molecular formula is C23H31N5. The number of benzene rings is 1. The van der Waals surface area contributed by atoms with Crippen LogP contribution in [0.4, 0.5) is 11.8 Å². The Morgan fingerprint density at radius 2 is 1.54 bits per heavy atom. The molecule has 0 aliphatic carbocycles. The van der Waals surface area contributed by atoms with Crippen LogP contribution in [0.1, 0.15) is 31.2 Å². The zero-order valence-electron chi connectivity index (χ0n) is 16.7. The van der Waals surface area contributed by atoms with Crippen LogP contribution in [0.15, 0.2) is 48.7 Å². The van der Waals surface area contributed by atoms with Gasteiger partial charge in [-0.1, -0.05) is 55.3 Å². The van der Waals surface area contributed by atoms with Crippen LogP contribution >= 0.6 is 0 Å². The van der Waals surface area contributed by atoms with Crippen molar-refractivity contribution in [2.75, 3.05) is 55.6 Å². The van der Waals surface area contributed by atoms with Crippen LogP contribution in [0.2, 0.25) is 0 Å². The van der Waals surface area contributed by atoms with E-state index in [0.29, 0.717) is 0 Å². The first-order valence-electron chi connectivity index (χ1n) is 10.7. The Morgan fingerprint density at radius 3 is 2.29 bits per heavy atom. The number of piperazine rings is 1. The number of hydrogen-bond donors (Lipinski definition) is 0. The molecule has 28 heavy (non-hydrogen) atoms. The minimum atomic E-state index is 0.910. The molecule has 2 aliphatic rings. The van der Waals surface area contributed by atoms with Crippen molar-refractivity contribution in [3.63, 3.8) is 0 Å². The van der Waals surface area contributed by atoms with E-state index in [9.17, 15) is 0 Å². The van der Waals surface area contributed by atoms with Crippen LogP contribution in [0.3, 0.4) is 0 Å². The Bertz CT molecular complexity index is 745. The molecule has 2 fully saturated rings. The standard InChI is InChI=1S/C23H31N5/c1-2-7-16-28(15-6-1)23-24-13-12-22(25-23)27-19-17-26(18-20-27)14-8-11-21-9-4-3-5-10-21/h3-5,8-13H,1-2,6-7,14-20H2/b11-8+. The van der Waals surface area contributed by atoms with Gasteiger partial charge in [-0.3, -0.25) is 4.90 Å². The predicted molar refractivity (Wildman–Crippen MR) is 117 cm³/mol. The monoisotopic (exact) mass is 377 g/mol. The molecule has 5 nitrogen and oxygen atoms in total. The highest BCUT2D eigenvalue weighted by molar-refractivity contribution is 5.49. The molecular weight excluding hydrogens is 346 g/mol. The van der Waals surface area contributed by atoms with Crippen LogP contribution in [0.25, 0.3) is 6.08 Å². The lowest BCUT2D eigenvalue weighted by Crippen LogP contribution is -2.46. The molecule has 4 rings (SSSR count). The van der Waals surface area contributed by atoms with E-state index in [4.69, 9.17) is 4.98 Å². The van der Waals surface area contributed by atoms with Gasteiger partial charge in [0.25, 0.3) is 0 Å². The number of anilines is 2. The van der Waals surface area contributed by atoms with E-state index >= 15 is 0 Å². The molecule has 0 amide bonds. The van der Waals surface area contributed by atoms with Gasteiger partial charge in [0.2, 0.25) is 5.95 Å². The fourth-order valence-electron chi connectivity index (χ4n) is 4.00. The lowest BCUT2D eigenvalue weighted by atomic mass is 10.2. The minimum absolute atomic E-state index is 0.910. The summed E-state index contributed by atoms with van der Waals surface area (Å²) in [6, 6.07) is 12.6. The van der Waals surface area contributed by atoms with Crippen molar-refractivity contribution in [2.24, 2.45) is 0 Å². The Kier molecular flexibility index (Phi) is 6.56. The maximum absolute atomic E-state index is 4.90. The van der Waals surface area contributed by atoms with E-state index in [0.717, 1.165) is 57.6 Å². The summed E-state index contributed by atoms with van der Waals surface area (Å²) in [5.41, 5.74) is 1.27. The van der Waals surface area contributed by atoms with Gasteiger partial charge in [-0.25, -0.2) is 4.98 Å². The molecule has 0 unspecified atom stereocenters. The molecule has 0 bridgehead atoms. The van der Waals surface area contributed by atoms with Crippen molar-refractivity contribution in [1.29, 1.82) is 0 Å². The largest absolute Gasteiger partial charge is 0.354 e. The summed E-state index contributed by atoms with van der Waals surface area (Å²) in [6.07, 6.45) is 11.6. The second-order valence-electron chi connectivity index (χ2n) is 7.72. The van der Waals surface area contributed by atoms with Crippen molar-refractivity contribution in [1.82, 2.24) is 14.9 Å². The first-order chi connectivity index (χ1) is 13.9. The first-order valence-corrected chi connectivity index (χ1v) is 10.7. The molecule has 3 heterocycles. The Labute approximate surface area is 168 Å². The molecule has 148 valence electrons. The third kappa shape index (κ3) is 5.10. The molecule has 2 aromatic rings. The van der Waals surface area contributed by atoms with Gasteiger partial charge < -0.3 is 9.80 Å². The lowest BCUT2D eigenvalue weighted by Gasteiger charge is -2.35. The first kappa shape index (κ1) is 18.9. The summed E-state index contributed by atoms with van der Waals surface area (Å²) in [4.78, 5) is 16.7. The van der Waals surface area contributed by atoms with Gasteiger partial charge in [-0.15, -0.1) is 0 Å². The van der Waals surface area contributed by atoms with Crippen LogP contribution in [0, 0.1) is 0 Å². The molecule has 5 heteroatoms. The van der Waals surface area contributed by atoms with Gasteiger partial charge in [-0.2, -0.15) is 4.98 Å². The highest BCUT2D eigenvalue weighted by atomic mass is 15.3. The van der Waals surface area contributed by atoms with E-state index in [1.54, 1.807) is 0 Å². The number of aromatic nitrogens is 2. The Morgan fingerprint density at radius 1 is 0.786 bits per heavy atom. The normalized spacial score (nSPS) is 19.1. The molecule has 1 aromatic carbocycles. The van der Waals surface area contributed by atoms with Gasteiger partial charge in [0.1, 0.15) is 5.82 Å².